The van der Waals surface area contributed by atoms with Crippen LogP contribution in [0.25, 0.3) is 10.4 Å². The summed E-state index contributed by atoms with van der Waals surface area (Å²) in [6.07, 6.45) is 1.68. The molecule has 0 amide bonds. The summed E-state index contributed by atoms with van der Waals surface area (Å²) in [7, 11) is 0. The van der Waals surface area contributed by atoms with Crippen LogP contribution in [0.2, 0.25) is 0 Å². The van der Waals surface area contributed by atoms with E-state index >= 15 is 0 Å². The lowest BCUT2D eigenvalue weighted by Crippen LogP contribution is -2.66. The Bertz CT molecular complexity index is 2250. The second kappa shape index (κ2) is 32.0. The summed E-state index contributed by atoms with van der Waals surface area (Å²) in [6, 6.07) is 22.4. The number of esters is 6. The highest BCUT2D eigenvalue weighted by Gasteiger charge is 2.57. The van der Waals surface area contributed by atoms with Crippen LogP contribution in [-0.4, -0.2) is 117 Å². The van der Waals surface area contributed by atoms with Crippen LogP contribution in [0.5, 0.6) is 0 Å². The van der Waals surface area contributed by atoms with Gasteiger partial charge in [0, 0.05) is 32.3 Å². The molecule has 0 saturated carbocycles. The minimum absolute atomic E-state index is 0.0966. The van der Waals surface area contributed by atoms with Gasteiger partial charge in [0.05, 0.1) is 16.7 Å². The van der Waals surface area contributed by atoms with Crippen molar-refractivity contribution in [1.29, 1.82) is 0 Å². The zero-order valence-electron chi connectivity index (χ0n) is 42.8. The summed E-state index contributed by atoms with van der Waals surface area (Å²) in [4.78, 5) is 82.2. The summed E-state index contributed by atoms with van der Waals surface area (Å²) in [6.45, 7) is 4.46. The Morgan fingerprint density at radius 2 is 0.919 bits per heavy atom. The van der Waals surface area contributed by atoms with Crippen LogP contribution >= 0.6 is 0 Å². The number of carbonyl (C=O) groups is 6. The quantitative estimate of drug-likeness (QED) is 0.0151. The molecule has 402 valence electrons. The number of hydrogen-bond donors (Lipinski definition) is 0. The molecule has 0 unspecified atom stereocenters. The molecule has 3 aromatic rings. The van der Waals surface area contributed by atoms with E-state index in [1.807, 2.05) is 0 Å². The molecule has 0 bridgehead atoms. The minimum Gasteiger partial charge on any atom is -0.463 e. The maximum absolute atomic E-state index is 14.3. The summed E-state index contributed by atoms with van der Waals surface area (Å²) in [5.74, 6) is -4.98. The van der Waals surface area contributed by atoms with E-state index in [-0.39, 0.29) is 23.3 Å². The highest BCUT2D eigenvalue weighted by Crippen LogP contribution is 2.36. The smallest absolute Gasteiger partial charge is 0.338 e. The van der Waals surface area contributed by atoms with E-state index in [2.05, 4.69) is 16.9 Å². The first-order valence-corrected chi connectivity index (χ1v) is 25.7. The maximum Gasteiger partial charge on any atom is 0.338 e. The van der Waals surface area contributed by atoms with Gasteiger partial charge in [0.15, 0.2) is 37.0 Å². The molecule has 2 aliphatic rings. The van der Waals surface area contributed by atoms with Crippen LogP contribution in [0.15, 0.2) is 96.1 Å². The zero-order valence-corrected chi connectivity index (χ0v) is 42.8. The number of azide groups is 1. The van der Waals surface area contributed by atoms with Gasteiger partial charge in [-0.25, -0.2) is 14.4 Å². The van der Waals surface area contributed by atoms with E-state index in [9.17, 15) is 34.3 Å². The minimum atomic E-state index is -1.82. The second-order valence-electron chi connectivity index (χ2n) is 18.2. The van der Waals surface area contributed by atoms with Gasteiger partial charge in [0.1, 0.15) is 37.6 Å². The lowest BCUT2D eigenvalue weighted by atomic mass is 9.95. The predicted octanol–water partition coefficient (Wildman–Crippen LogP) is 9.73. The second-order valence-corrected chi connectivity index (χ2v) is 18.2. The van der Waals surface area contributed by atoms with E-state index in [4.69, 9.17) is 47.4 Å². The molecule has 2 fully saturated rings. The lowest BCUT2D eigenvalue weighted by molar-refractivity contribution is -0.344. The number of rotatable bonds is 30. The van der Waals surface area contributed by atoms with Crippen molar-refractivity contribution >= 4 is 35.8 Å². The van der Waals surface area contributed by atoms with Crippen molar-refractivity contribution in [1.82, 2.24) is 0 Å². The van der Waals surface area contributed by atoms with Crippen LogP contribution in [-0.2, 0) is 61.8 Å². The largest absolute Gasteiger partial charge is 0.463 e. The average Bonchev–Trinajstić information content (AvgIpc) is 3.39. The number of hydrogen-bond acceptors (Lipinski definition) is 17. The first-order valence-electron chi connectivity index (χ1n) is 25.7. The third-order valence-corrected chi connectivity index (χ3v) is 12.4. The van der Waals surface area contributed by atoms with E-state index in [0.29, 0.717) is 6.42 Å². The fourth-order valence-corrected chi connectivity index (χ4v) is 8.75. The van der Waals surface area contributed by atoms with Gasteiger partial charge in [-0.2, -0.15) is 0 Å². The molecule has 0 spiro atoms. The molecule has 2 heterocycles. The lowest BCUT2D eigenvalue weighted by Gasteiger charge is -2.48. The summed E-state index contributed by atoms with van der Waals surface area (Å²) in [5, 5.41) is 3.86. The van der Waals surface area contributed by atoms with Gasteiger partial charge in [0.25, 0.3) is 0 Å². The maximum atomic E-state index is 14.3. The molecule has 0 aromatic heterocycles. The highest BCUT2D eigenvalue weighted by molar-refractivity contribution is 5.91. The Hall–Kier alpha value is -6.37. The Morgan fingerprint density at radius 3 is 1.41 bits per heavy atom. The topological polar surface area (TPSA) is 243 Å². The number of ether oxygens (including phenoxy) is 10. The first-order chi connectivity index (χ1) is 35.9. The molecule has 10 atom stereocenters. The van der Waals surface area contributed by atoms with E-state index in [1.54, 1.807) is 66.7 Å². The Labute approximate surface area is 432 Å². The fourth-order valence-electron chi connectivity index (χ4n) is 8.75. The zero-order chi connectivity index (χ0) is 53.1. The molecule has 3 aromatic carbocycles. The van der Waals surface area contributed by atoms with Gasteiger partial charge < -0.3 is 47.4 Å². The van der Waals surface area contributed by atoms with Crippen LogP contribution in [0, 0.1) is 0 Å². The molecule has 0 aliphatic carbocycles. The van der Waals surface area contributed by atoms with Crippen molar-refractivity contribution in [3.63, 3.8) is 0 Å². The van der Waals surface area contributed by atoms with Gasteiger partial charge in [-0.3, -0.25) is 14.4 Å². The monoisotopic (exact) mass is 1030 g/mol. The van der Waals surface area contributed by atoms with Gasteiger partial charge in [-0.05, 0) is 48.4 Å². The fraction of sp³-hybridized carbons (Fsp3) is 0.564. The Kier molecular flexibility index (Phi) is 25.3. The van der Waals surface area contributed by atoms with Crippen LogP contribution < -0.4 is 0 Å². The number of carbonyl (C=O) groups excluding carboxylic acids is 6. The molecule has 0 radical (unpaired) electrons. The standard InChI is InChI=1S/C55H71N3O16/c1-5-6-7-8-9-10-11-12-13-14-15-16-17-27-34-65-55-50(73-53(64)42-32-25-20-26-33-42)49(72-52(63)41-30-23-19-24-31-41)47(44(71-55)36-67-51(62)40-28-21-18-22-29-40)74-54-45(57-58-56)48(69-39(4)61)46(68-38(3)60)43(70-54)35-66-37(2)59/h18-26,28-33,43-50,54-55H,5-17,27,34-36H2,1-4H3/t43-,44-,45-,46-,47+,48-,49+,50-,54-,55-/m1/s1. The molecule has 19 nitrogen and oxygen atoms in total. The predicted molar refractivity (Wildman–Crippen MR) is 267 cm³/mol. The van der Waals surface area contributed by atoms with Crippen molar-refractivity contribution < 1.29 is 76.1 Å². The average molecular weight is 1030 g/mol. The molecule has 74 heavy (non-hydrogen) atoms. The number of benzene rings is 3. The van der Waals surface area contributed by atoms with Gasteiger partial charge in [-0.1, -0.05) is 150 Å². The van der Waals surface area contributed by atoms with E-state index in [0.717, 1.165) is 46.5 Å². The molecule has 5 rings (SSSR count). The molecule has 0 N–H and O–H groups in total. The molecule has 2 aliphatic heterocycles. The van der Waals surface area contributed by atoms with Crippen molar-refractivity contribution in [2.45, 2.75) is 179 Å². The van der Waals surface area contributed by atoms with Crippen molar-refractivity contribution in [2.75, 3.05) is 19.8 Å². The van der Waals surface area contributed by atoms with Gasteiger partial charge in [0.2, 0.25) is 0 Å². The Morgan fingerprint density at radius 1 is 0.486 bits per heavy atom. The van der Waals surface area contributed by atoms with E-state index < -0.39 is 110 Å². The van der Waals surface area contributed by atoms with Crippen LogP contribution in [0.4, 0.5) is 0 Å². The molecule has 2 saturated heterocycles. The van der Waals surface area contributed by atoms with Crippen molar-refractivity contribution in [3.05, 3.63) is 118 Å². The van der Waals surface area contributed by atoms with Crippen molar-refractivity contribution in [3.8, 4) is 0 Å². The molecular weight excluding hydrogens is 959 g/mol. The van der Waals surface area contributed by atoms with Crippen LogP contribution in [0.1, 0.15) is 149 Å². The van der Waals surface area contributed by atoms with Gasteiger partial charge in [-0.15, -0.1) is 0 Å². The summed E-state index contributed by atoms with van der Waals surface area (Å²) in [5.41, 5.74) is 10.4. The SMILES string of the molecule is CCCCCCCCCCCCCCCCO[C@@H]1O[C@H](COC(=O)c2ccccc2)[C@H](O[C@H]2O[C@H](COC(C)=O)[C@@H](OC(C)=O)[C@H](OC(C)=O)[C@H]2N=[N+]=[N-])[C@H](OC(=O)c2ccccc2)[C@H]1OC(=O)c1ccccc1. The number of unbranched alkanes of at least 4 members (excludes halogenated alkanes) is 13. The molecule has 19 heteroatoms. The Balaban J connectivity index is 1.50. The summed E-state index contributed by atoms with van der Waals surface area (Å²) >= 11 is 0. The molecular formula is C55H71N3O16. The van der Waals surface area contributed by atoms with E-state index in [1.165, 1.54) is 82.1 Å². The van der Waals surface area contributed by atoms with Gasteiger partial charge >= 0.3 is 35.8 Å². The van der Waals surface area contributed by atoms with Crippen molar-refractivity contribution in [2.24, 2.45) is 5.11 Å². The third kappa shape index (κ3) is 19.2. The first kappa shape index (κ1) is 58.5. The highest BCUT2D eigenvalue weighted by atomic mass is 16.8. The third-order valence-electron chi connectivity index (χ3n) is 12.4. The number of nitrogens with zero attached hydrogens (tertiary/aromatic N) is 3. The van der Waals surface area contributed by atoms with Crippen LogP contribution in [0.3, 0.4) is 0 Å². The summed E-state index contributed by atoms with van der Waals surface area (Å²) < 4.78 is 60.8. The normalized spacial score (nSPS) is 23.3.